The van der Waals surface area contributed by atoms with E-state index in [1.165, 1.54) is 12.1 Å². The fourth-order valence-corrected chi connectivity index (χ4v) is 2.00. The maximum atomic E-state index is 10.6. The van der Waals surface area contributed by atoms with E-state index in [1.807, 2.05) is 0 Å². The smallest absolute Gasteiger partial charge is 0.229 e. The Morgan fingerprint density at radius 1 is 1.19 bits per heavy atom. The number of aliphatic hydroxyl groups excluding tert-OH is 4. The summed E-state index contributed by atoms with van der Waals surface area (Å²) in [6, 6.07) is 3.82. The van der Waals surface area contributed by atoms with Crippen molar-refractivity contribution >= 4 is 6.29 Å². The van der Waals surface area contributed by atoms with Crippen LogP contribution in [0.15, 0.2) is 18.2 Å². The molecule has 5 unspecified atom stereocenters. The van der Waals surface area contributed by atoms with Gasteiger partial charge in [-0.2, -0.15) is 0 Å². The van der Waals surface area contributed by atoms with E-state index in [9.17, 15) is 25.2 Å². The number of phenolic OH excluding ortho intramolecular Hbond substituents is 1. The van der Waals surface area contributed by atoms with Crippen LogP contribution >= 0.6 is 0 Å². The zero-order valence-electron chi connectivity index (χ0n) is 10.9. The van der Waals surface area contributed by atoms with Crippen molar-refractivity contribution in [1.82, 2.24) is 0 Å². The molecule has 1 heterocycles. The molecule has 1 saturated heterocycles. The average Bonchev–Trinajstić information content (AvgIpc) is 2.48. The molecule has 5 atom stereocenters. The van der Waals surface area contributed by atoms with Crippen molar-refractivity contribution < 1.29 is 39.8 Å². The van der Waals surface area contributed by atoms with Crippen LogP contribution in [-0.4, -0.2) is 69.1 Å². The zero-order chi connectivity index (χ0) is 15.6. The Bertz CT molecular complexity index is 503. The number of rotatable bonds is 4. The first-order valence-corrected chi connectivity index (χ1v) is 6.23. The van der Waals surface area contributed by atoms with Crippen LogP contribution in [0.1, 0.15) is 10.4 Å². The summed E-state index contributed by atoms with van der Waals surface area (Å²) in [6.45, 7) is -0.569. The maximum Gasteiger partial charge on any atom is 0.229 e. The van der Waals surface area contributed by atoms with Gasteiger partial charge in [0.15, 0.2) is 6.29 Å². The fourth-order valence-electron chi connectivity index (χ4n) is 2.00. The van der Waals surface area contributed by atoms with Crippen molar-refractivity contribution in [3.8, 4) is 11.5 Å². The van der Waals surface area contributed by atoms with Crippen molar-refractivity contribution in [2.24, 2.45) is 0 Å². The highest BCUT2D eigenvalue weighted by molar-refractivity contribution is 5.79. The van der Waals surface area contributed by atoms with E-state index in [4.69, 9.17) is 14.6 Å². The second kappa shape index (κ2) is 6.37. The lowest BCUT2D eigenvalue weighted by Crippen LogP contribution is -2.60. The van der Waals surface area contributed by atoms with Gasteiger partial charge in [0.1, 0.15) is 35.9 Å². The largest absolute Gasteiger partial charge is 0.507 e. The molecule has 1 aliphatic heterocycles. The highest BCUT2D eigenvalue weighted by Crippen LogP contribution is 2.27. The van der Waals surface area contributed by atoms with Crippen LogP contribution in [0.4, 0.5) is 0 Å². The lowest BCUT2D eigenvalue weighted by molar-refractivity contribution is -0.277. The van der Waals surface area contributed by atoms with Crippen molar-refractivity contribution in [1.29, 1.82) is 0 Å². The summed E-state index contributed by atoms with van der Waals surface area (Å²) in [5.74, 6) is -0.227. The SMILES string of the molecule is O=Cc1ccc(OC2OC(CO)C(O)C(O)C2O)cc1O. The lowest BCUT2D eigenvalue weighted by Gasteiger charge is -2.39. The minimum absolute atomic E-state index is 0.0659. The van der Waals surface area contributed by atoms with Crippen LogP contribution in [-0.2, 0) is 4.74 Å². The van der Waals surface area contributed by atoms with Crippen molar-refractivity contribution in [3.63, 3.8) is 0 Å². The molecule has 8 nitrogen and oxygen atoms in total. The predicted octanol–water partition coefficient (Wildman–Crippen LogP) is -1.62. The van der Waals surface area contributed by atoms with Crippen LogP contribution in [0.3, 0.4) is 0 Å². The monoisotopic (exact) mass is 300 g/mol. The first-order chi connectivity index (χ1) is 9.97. The normalized spacial score (nSPS) is 32.7. The molecule has 0 aliphatic carbocycles. The number of aldehydes is 1. The van der Waals surface area contributed by atoms with Crippen molar-refractivity contribution in [3.05, 3.63) is 23.8 Å². The Hall–Kier alpha value is -1.71. The Balaban J connectivity index is 2.14. The molecule has 1 aromatic carbocycles. The summed E-state index contributed by atoms with van der Waals surface area (Å²) in [5, 5.41) is 47.6. The van der Waals surface area contributed by atoms with E-state index in [0.29, 0.717) is 6.29 Å². The van der Waals surface area contributed by atoms with Gasteiger partial charge in [-0.15, -0.1) is 0 Å². The van der Waals surface area contributed by atoms with Gasteiger partial charge >= 0.3 is 0 Å². The topological polar surface area (TPSA) is 137 Å². The molecule has 1 fully saturated rings. The molecular weight excluding hydrogens is 284 g/mol. The molecule has 8 heteroatoms. The molecule has 0 saturated carbocycles. The minimum atomic E-state index is -1.55. The molecule has 1 aromatic rings. The van der Waals surface area contributed by atoms with Crippen molar-refractivity contribution in [2.45, 2.75) is 30.7 Å². The van der Waals surface area contributed by atoms with E-state index in [1.54, 1.807) is 0 Å². The van der Waals surface area contributed by atoms with Crippen LogP contribution < -0.4 is 4.74 Å². The first-order valence-electron chi connectivity index (χ1n) is 6.23. The van der Waals surface area contributed by atoms with Crippen LogP contribution in [0, 0.1) is 0 Å². The summed E-state index contributed by atoms with van der Waals surface area (Å²) in [5.41, 5.74) is 0.0659. The van der Waals surface area contributed by atoms with Crippen LogP contribution in [0.2, 0.25) is 0 Å². The van der Waals surface area contributed by atoms with Crippen LogP contribution in [0.5, 0.6) is 11.5 Å². The molecule has 5 N–H and O–H groups in total. The maximum absolute atomic E-state index is 10.6. The molecule has 0 radical (unpaired) electrons. The molecule has 21 heavy (non-hydrogen) atoms. The Morgan fingerprint density at radius 3 is 2.48 bits per heavy atom. The summed E-state index contributed by atoms with van der Waals surface area (Å²) in [4.78, 5) is 10.6. The summed E-state index contributed by atoms with van der Waals surface area (Å²) in [6.07, 6.45) is -6.54. The minimum Gasteiger partial charge on any atom is -0.507 e. The molecule has 0 bridgehead atoms. The number of hydrogen-bond donors (Lipinski definition) is 5. The van der Waals surface area contributed by atoms with Gasteiger partial charge in [-0.1, -0.05) is 0 Å². The molecule has 1 aliphatic rings. The summed E-state index contributed by atoms with van der Waals surface area (Å²) in [7, 11) is 0. The Morgan fingerprint density at radius 2 is 1.90 bits per heavy atom. The molecular formula is C13H16O8. The number of aromatic hydroxyl groups is 1. The number of aliphatic hydroxyl groups is 4. The summed E-state index contributed by atoms with van der Waals surface area (Å²) < 4.78 is 10.4. The second-order valence-corrected chi connectivity index (χ2v) is 4.65. The fraction of sp³-hybridized carbons (Fsp3) is 0.462. The Kier molecular flexibility index (Phi) is 4.76. The number of carbonyl (C=O) groups is 1. The van der Waals surface area contributed by atoms with Gasteiger partial charge in [0.2, 0.25) is 6.29 Å². The Labute approximate surface area is 119 Å². The highest BCUT2D eigenvalue weighted by Gasteiger charge is 2.44. The third kappa shape index (κ3) is 3.14. The van der Waals surface area contributed by atoms with Gasteiger partial charge in [-0.3, -0.25) is 4.79 Å². The molecule has 116 valence electrons. The summed E-state index contributed by atoms with van der Waals surface area (Å²) >= 11 is 0. The van der Waals surface area contributed by atoms with Gasteiger partial charge in [0.05, 0.1) is 12.2 Å². The highest BCUT2D eigenvalue weighted by atomic mass is 16.7. The predicted molar refractivity (Wildman–Crippen MR) is 67.9 cm³/mol. The third-order valence-electron chi connectivity index (χ3n) is 3.23. The van der Waals surface area contributed by atoms with Crippen molar-refractivity contribution in [2.75, 3.05) is 6.61 Å². The third-order valence-corrected chi connectivity index (χ3v) is 3.23. The van der Waals surface area contributed by atoms with E-state index in [-0.39, 0.29) is 17.1 Å². The van der Waals surface area contributed by atoms with Gasteiger partial charge in [0, 0.05) is 6.07 Å². The molecule has 0 aromatic heterocycles. The first kappa shape index (κ1) is 15.7. The van der Waals surface area contributed by atoms with E-state index in [2.05, 4.69) is 0 Å². The molecule has 0 amide bonds. The van der Waals surface area contributed by atoms with Crippen LogP contribution in [0.25, 0.3) is 0 Å². The number of benzene rings is 1. The number of ether oxygens (including phenoxy) is 2. The quantitative estimate of drug-likeness (QED) is 0.419. The van der Waals surface area contributed by atoms with Gasteiger partial charge in [0.25, 0.3) is 0 Å². The standard InChI is InChI=1S/C13H16O8/c14-4-6-1-2-7(3-8(6)16)20-13-12(19)11(18)10(17)9(5-15)21-13/h1-4,9-13,15-19H,5H2. The molecule has 2 rings (SSSR count). The average molecular weight is 300 g/mol. The number of hydrogen-bond acceptors (Lipinski definition) is 8. The number of carbonyl (C=O) groups excluding carboxylic acids is 1. The van der Waals surface area contributed by atoms with Gasteiger partial charge < -0.3 is 35.0 Å². The van der Waals surface area contributed by atoms with E-state index < -0.39 is 37.3 Å². The zero-order valence-corrected chi connectivity index (χ0v) is 10.9. The van der Waals surface area contributed by atoms with E-state index in [0.717, 1.165) is 6.07 Å². The molecule has 0 spiro atoms. The lowest BCUT2D eigenvalue weighted by atomic mass is 9.99. The number of phenols is 1. The second-order valence-electron chi connectivity index (χ2n) is 4.65. The van der Waals surface area contributed by atoms with Gasteiger partial charge in [-0.25, -0.2) is 0 Å². The van der Waals surface area contributed by atoms with Gasteiger partial charge in [-0.05, 0) is 12.1 Å². The van der Waals surface area contributed by atoms with E-state index >= 15 is 0 Å².